The summed E-state index contributed by atoms with van der Waals surface area (Å²) >= 11 is 0. The molecular weight excluding hydrogens is 328 g/mol. The van der Waals surface area contributed by atoms with Crippen molar-refractivity contribution >= 4 is 21.7 Å². The molecule has 0 saturated heterocycles. The molecule has 0 aliphatic heterocycles. The van der Waals surface area contributed by atoms with Gasteiger partial charge in [-0.1, -0.05) is 19.1 Å². The lowest BCUT2D eigenvalue weighted by Crippen LogP contribution is -2.39. The zero-order valence-corrected chi connectivity index (χ0v) is 15.5. The van der Waals surface area contributed by atoms with Gasteiger partial charge in [0, 0.05) is 45.5 Å². The second-order valence-corrected chi connectivity index (χ2v) is 7.96. The second kappa shape index (κ2) is 9.27. The molecule has 1 aromatic rings. The van der Waals surface area contributed by atoms with E-state index in [1.54, 1.807) is 40.2 Å². The highest BCUT2D eigenvalue weighted by Gasteiger charge is 2.08. The second-order valence-electron chi connectivity index (χ2n) is 5.49. The summed E-state index contributed by atoms with van der Waals surface area (Å²) in [6.45, 7) is 2.47. The Hall–Kier alpha value is -2.09. The van der Waals surface area contributed by atoms with Gasteiger partial charge in [-0.15, -0.1) is 0 Å². The third-order valence-electron chi connectivity index (χ3n) is 3.44. The molecule has 1 amide bonds. The van der Waals surface area contributed by atoms with Crippen LogP contribution in [0.5, 0.6) is 0 Å². The molecule has 0 aliphatic carbocycles. The van der Waals surface area contributed by atoms with Crippen molar-refractivity contribution in [3.05, 3.63) is 35.4 Å². The van der Waals surface area contributed by atoms with Gasteiger partial charge in [-0.05, 0) is 17.7 Å². The van der Waals surface area contributed by atoms with Crippen molar-refractivity contribution in [1.29, 1.82) is 0 Å². The molecular formula is C16H26N4O3S. The topological polar surface area (TPSA) is 90.9 Å². The van der Waals surface area contributed by atoms with Crippen LogP contribution in [0, 0.1) is 0 Å². The van der Waals surface area contributed by atoms with E-state index in [0.29, 0.717) is 24.6 Å². The summed E-state index contributed by atoms with van der Waals surface area (Å²) in [6, 6.07) is 7.31. The third kappa shape index (κ3) is 6.57. The smallest absolute Gasteiger partial charge is 0.253 e. The van der Waals surface area contributed by atoms with Crippen molar-refractivity contribution in [2.24, 2.45) is 4.99 Å². The number of hydrogen-bond donors (Lipinski definition) is 2. The number of carbonyl (C=O) groups is 1. The monoisotopic (exact) mass is 354 g/mol. The average molecular weight is 354 g/mol. The van der Waals surface area contributed by atoms with Gasteiger partial charge in [0.05, 0.1) is 5.75 Å². The molecule has 0 unspecified atom stereocenters. The predicted octanol–water partition coefficient (Wildman–Crippen LogP) is 0.488. The summed E-state index contributed by atoms with van der Waals surface area (Å²) < 4.78 is 22.9. The number of guanidine groups is 1. The maximum Gasteiger partial charge on any atom is 0.253 e. The Labute approximate surface area is 144 Å². The minimum absolute atomic E-state index is 0.0379. The Morgan fingerprint density at radius 3 is 2.29 bits per heavy atom. The van der Waals surface area contributed by atoms with Gasteiger partial charge in [0.15, 0.2) is 15.8 Å². The molecule has 0 bridgehead atoms. The van der Waals surface area contributed by atoms with Crippen LogP contribution in [0.1, 0.15) is 22.8 Å². The molecule has 2 N–H and O–H groups in total. The largest absolute Gasteiger partial charge is 0.355 e. The Morgan fingerprint density at radius 1 is 1.17 bits per heavy atom. The van der Waals surface area contributed by atoms with E-state index in [2.05, 4.69) is 15.6 Å². The molecule has 1 rings (SSSR count). The van der Waals surface area contributed by atoms with Gasteiger partial charge in [-0.3, -0.25) is 9.79 Å². The Balaban J connectivity index is 2.50. The first-order valence-corrected chi connectivity index (χ1v) is 9.56. The maximum absolute atomic E-state index is 11.8. The van der Waals surface area contributed by atoms with Crippen molar-refractivity contribution in [1.82, 2.24) is 15.5 Å². The highest BCUT2D eigenvalue weighted by atomic mass is 32.2. The van der Waals surface area contributed by atoms with E-state index >= 15 is 0 Å². The van der Waals surface area contributed by atoms with Crippen LogP contribution in [0.3, 0.4) is 0 Å². The predicted molar refractivity (Wildman–Crippen MR) is 97.0 cm³/mol. The summed E-state index contributed by atoms with van der Waals surface area (Å²) in [5, 5.41) is 6.08. The van der Waals surface area contributed by atoms with Gasteiger partial charge in [-0.2, -0.15) is 0 Å². The fourth-order valence-electron chi connectivity index (χ4n) is 1.90. The average Bonchev–Trinajstić information content (AvgIpc) is 2.57. The number of benzene rings is 1. The van der Waals surface area contributed by atoms with E-state index in [9.17, 15) is 13.2 Å². The molecule has 0 fully saturated rings. The van der Waals surface area contributed by atoms with Crippen LogP contribution in [0.4, 0.5) is 0 Å². The lowest BCUT2D eigenvalue weighted by atomic mass is 10.1. The number of aliphatic imine (C=N–C) groups is 1. The number of rotatable bonds is 7. The summed E-state index contributed by atoms with van der Waals surface area (Å²) in [6.07, 6.45) is 0. The molecule has 0 spiro atoms. The van der Waals surface area contributed by atoms with Crippen molar-refractivity contribution < 1.29 is 13.2 Å². The van der Waals surface area contributed by atoms with Crippen LogP contribution in [0.2, 0.25) is 0 Å². The summed E-state index contributed by atoms with van der Waals surface area (Å²) in [4.78, 5) is 17.4. The van der Waals surface area contributed by atoms with E-state index in [1.165, 1.54) is 4.90 Å². The first-order chi connectivity index (χ1) is 11.3. The van der Waals surface area contributed by atoms with Gasteiger partial charge in [0.1, 0.15) is 0 Å². The van der Waals surface area contributed by atoms with E-state index in [1.807, 2.05) is 12.1 Å². The third-order valence-corrected chi connectivity index (χ3v) is 5.14. The van der Waals surface area contributed by atoms with Crippen LogP contribution in [-0.2, 0) is 16.4 Å². The number of sulfone groups is 1. The van der Waals surface area contributed by atoms with Gasteiger partial charge < -0.3 is 15.5 Å². The van der Waals surface area contributed by atoms with Crippen LogP contribution >= 0.6 is 0 Å². The van der Waals surface area contributed by atoms with Crippen LogP contribution in [0.25, 0.3) is 0 Å². The van der Waals surface area contributed by atoms with Crippen molar-refractivity contribution in [3.8, 4) is 0 Å². The highest BCUT2D eigenvalue weighted by Crippen LogP contribution is 2.06. The van der Waals surface area contributed by atoms with E-state index in [-0.39, 0.29) is 17.4 Å². The minimum Gasteiger partial charge on any atom is -0.355 e. The molecule has 0 saturated carbocycles. The molecule has 0 radical (unpaired) electrons. The van der Waals surface area contributed by atoms with Crippen molar-refractivity contribution in [2.75, 3.05) is 39.2 Å². The summed E-state index contributed by atoms with van der Waals surface area (Å²) in [5.41, 5.74) is 1.63. The molecule has 1 aromatic carbocycles. The number of carbonyl (C=O) groups excluding carboxylic acids is 1. The Morgan fingerprint density at radius 2 is 1.79 bits per heavy atom. The van der Waals surface area contributed by atoms with E-state index < -0.39 is 9.84 Å². The van der Waals surface area contributed by atoms with Gasteiger partial charge in [-0.25, -0.2) is 8.42 Å². The van der Waals surface area contributed by atoms with Crippen LogP contribution in [0.15, 0.2) is 29.3 Å². The van der Waals surface area contributed by atoms with E-state index in [0.717, 1.165) is 5.56 Å². The molecule has 24 heavy (non-hydrogen) atoms. The summed E-state index contributed by atoms with van der Waals surface area (Å²) in [5.74, 6) is 0.712. The van der Waals surface area contributed by atoms with E-state index in [4.69, 9.17) is 0 Å². The van der Waals surface area contributed by atoms with Crippen LogP contribution in [-0.4, -0.2) is 64.4 Å². The zero-order valence-electron chi connectivity index (χ0n) is 14.7. The zero-order chi connectivity index (χ0) is 18.2. The Kier molecular flexibility index (Phi) is 7.70. The molecule has 0 aromatic heterocycles. The molecule has 0 atom stereocenters. The molecule has 134 valence electrons. The Bertz CT molecular complexity index is 667. The number of hydrogen-bond acceptors (Lipinski definition) is 4. The first kappa shape index (κ1) is 20.0. The highest BCUT2D eigenvalue weighted by molar-refractivity contribution is 7.91. The van der Waals surface area contributed by atoms with Gasteiger partial charge in [0.2, 0.25) is 0 Å². The molecule has 0 aliphatic rings. The van der Waals surface area contributed by atoms with Gasteiger partial charge in [0.25, 0.3) is 5.91 Å². The van der Waals surface area contributed by atoms with Crippen LogP contribution < -0.4 is 10.6 Å². The maximum atomic E-state index is 11.8. The molecule has 8 heteroatoms. The normalized spacial score (nSPS) is 11.9. The number of nitrogens with one attached hydrogen (secondary N) is 2. The fourth-order valence-corrected chi connectivity index (χ4v) is 2.60. The minimum atomic E-state index is -2.99. The molecule has 7 nitrogen and oxygen atoms in total. The standard InChI is InChI=1S/C16H26N4O3S/c1-5-24(22,23)11-10-18-16(17-2)19-12-13-6-8-14(9-7-13)15(21)20(3)4/h6-9H,5,10-12H2,1-4H3,(H2,17,18,19). The first-order valence-electron chi connectivity index (χ1n) is 7.74. The number of nitrogens with zero attached hydrogens (tertiary/aromatic N) is 2. The lowest BCUT2D eigenvalue weighted by Gasteiger charge is -2.13. The SMILES string of the molecule is CCS(=O)(=O)CCNC(=NC)NCc1ccc(C(=O)N(C)C)cc1. The quantitative estimate of drug-likeness (QED) is 0.549. The fraction of sp³-hybridized carbons (Fsp3) is 0.500. The van der Waals surface area contributed by atoms with Gasteiger partial charge >= 0.3 is 0 Å². The molecule has 0 heterocycles. The number of amides is 1. The van der Waals surface area contributed by atoms with Crippen molar-refractivity contribution in [3.63, 3.8) is 0 Å². The summed E-state index contributed by atoms with van der Waals surface area (Å²) in [7, 11) is 2.06. The lowest BCUT2D eigenvalue weighted by molar-refractivity contribution is 0.0827. The van der Waals surface area contributed by atoms with Crippen molar-refractivity contribution in [2.45, 2.75) is 13.5 Å².